The van der Waals surface area contributed by atoms with Gasteiger partial charge in [-0.15, -0.1) is 0 Å². The summed E-state index contributed by atoms with van der Waals surface area (Å²) in [5.41, 5.74) is 3.79. The van der Waals surface area contributed by atoms with E-state index in [1.807, 2.05) is 26.0 Å². The van der Waals surface area contributed by atoms with Crippen LogP contribution in [0, 0.1) is 13.8 Å². The summed E-state index contributed by atoms with van der Waals surface area (Å²) in [4.78, 5) is 12.1. The summed E-state index contributed by atoms with van der Waals surface area (Å²) in [5.74, 6) is 0.659. The number of unbranched alkanes of at least 4 members (excludes halogenated alkanes) is 2. The number of nitrogens with zero attached hydrogens (tertiary/aromatic N) is 1. The topological polar surface area (TPSA) is 55.1 Å². The van der Waals surface area contributed by atoms with Gasteiger partial charge in [-0.3, -0.25) is 4.79 Å². The molecule has 118 valence electrons. The molecule has 0 fully saturated rings. The van der Waals surface area contributed by atoms with Gasteiger partial charge in [0.05, 0.1) is 12.1 Å². The van der Waals surface area contributed by atoms with Crippen LogP contribution in [0.2, 0.25) is 0 Å². The molecule has 0 saturated heterocycles. The van der Waals surface area contributed by atoms with Crippen molar-refractivity contribution in [2.24, 2.45) is 0 Å². The number of aryl methyl sites for hydroxylation is 3. The number of amides is 1. The predicted octanol–water partition coefficient (Wildman–Crippen LogP) is 4.21. The van der Waals surface area contributed by atoms with Gasteiger partial charge in [-0.25, -0.2) is 0 Å². The molecule has 1 N–H and O–H groups in total. The van der Waals surface area contributed by atoms with Gasteiger partial charge in [0.2, 0.25) is 5.91 Å². The first-order chi connectivity index (χ1) is 10.6. The molecule has 0 atom stereocenters. The minimum absolute atomic E-state index is 0.0480. The van der Waals surface area contributed by atoms with Crippen molar-refractivity contribution in [2.75, 3.05) is 5.32 Å². The Bertz CT molecular complexity index is 595. The smallest absolute Gasteiger partial charge is 0.228 e. The molecule has 1 heterocycles. The number of hydrogen-bond donors (Lipinski definition) is 1. The maximum absolute atomic E-state index is 12.1. The highest BCUT2D eigenvalue weighted by Crippen LogP contribution is 2.15. The van der Waals surface area contributed by atoms with Crippen LogP contribution in [0.5, 0.6) is 0 Å². The first-order valence-corrected chi connectivity index (χ1v) is 7.90. The largest absolute Gasteiger partial charge is 0.361 e. The van der Waals surface area contributed by atoms with Gasteiger partial charge in [-0.2, -0.15) is 0 Å². The Balaban J connectivity index is 1.89. The van der Waals surface area contributed by atoms with Crippen molar-refractivity contribution < 1.29 is 9.32 Å². The Labute approximate surface area is 131 Å². The molecule has 1 amide bonds. The zero-order valence-corrected chi connectivity index (χ0v) is 13.6. The molecule has 22 heavy (non-hydrogen) atoms. The van der Waals surface area contributed by atoms with Gasteiger partial charge in [0.25, 0.3) is 0 Å². The van der Waals surface area contributed by atoms with Crippen LogP contribution in [0.25, 0.3) is 0 Å². The van der Waals surface area contributed by atoms with E-state index in [0.717, 1.165) is 23.4 Å². The third-order valence-electron chi connectivity index (χ3n) is 3.83. The zero-order valence-electron chi connectivity index (χ0n) is 13.6. The van der Waals surface area contributed by atoms with E-state index in [1.54, 1.807) is 0 Å². The highest BCUT2D eigenvalue weighted by atomic mass is 16.5. The molecule has 2 aromatic rings. The molecule has 0 saturated carbocycles. The van der Waals surface area contributed by atoms with Gasteiger partial charge >= 0.3 is 0 Å². The SMILES string of the molecule is CCCCCc1ccc(NC(=O)Cc2c(C)noc2C)cc1. The Hall–Kier alpha value is -2.10. The fourth-order valence-corrected chi connectivity index (χ4v) is 2.45. The molecule has 0 aliphatic heterocycles. The number of anilines is 1. The van der Waals surface area contributed by atoms with E-state index in [-0.39, 0.29) is 5.91 Å². The summed E-state index contributed by atoms with van der Waals surface area (Å²) >= 11 is 0. The van der Waals surface area contributed by atoms with Crippen LogP contribution in [0.3, 0.4) is 0 Å². The Morgan fingerprint density at radius 2 is 1.91 bits per heavy atom. The van der Waals surface area contributed by atoms with Crippen molar-refractivity contribution >= 4 is 11.6 Å². The van der Waals surface area contributed by atoms with E-state index < -0.39 is 0 Å². The van der Waals surface area contributed by atoms with Gasteiger partial charge < -0.3 is 9.84 Å². The van der Waals surface area contributed by atoms with Crippen molar-refractivity contribution in [1.82, 2.24) is 5.16 Å². The average Bonchev–Trinajstić information content (AvgIpc) is 2.81. The molecule has 2 rings (SSSR count). The van der Waals surface area contributed by atoms with Gasteiger partial charge in [-0.05, 0) is 44.4 Å². The number of hydrogen-bond acceptors (Lipinski definition) is 3. The highest BCUT2D eigenvalue weighted by Gasteiger charge is 2.13. The van der Waals surface area contributed by atoms with E-state index in [9.17, 15) is 4.79 Å². The molecule has 4 nitrogen and oxygen atoms in total. The first kappa shape index (κ1) is 16.3. The van der Waals surface area contributed by atoms with Crippen molar-refractivity contribution in [3.05, 3.63) is 46.8 Å². The Morgan fingerprint density at radius 3 is 2.50 bits per heavy atom. The predicted molar refractivity (Wildman–Crippen MR) is 88.0 cm³/mol. The maximum atomic E-state index is 12.1. The molecule has 0 bridgehead atoms. The number of benzene rings is 1. The molecular formula is C18H24N2O2. The van der Waals surface area contributed by atoms with Crippen molar-refractivity contribution in [3.8, 4) is 0 Å². The van der Waals surface area contributed by atoms with Crippen LogP contribution in [0.4, 0.5) is 5.69 Å². The molecule has 0 unspecified atom stereocenters. The van der Waals surface area contributed by atoms with Crippen LogP contribution in [-0.2, 0) is 17.6 Å². The van der Waals surface area contributed by atoms with E-state index in [0.29, 0.717) is 12.2 Å². The summed E-state index contributed by atoms with van der Waals surface area (Å²) in [6.45, 7) is 5.88. The molecular weight excluding hydrogens is 276 g/mol. The van der Waals surface area contributed by atoms with E-state index in [2.05, 4.69) is 29.5 Å². The summed E-state index contributed by atoms with van der Waals surface area (Å²) in [6, 6.07) is 8.10. The van der Waals surface area contributed by atoms with Crippen molar-refractivity contribution in [1.29, 1.82) is 0 Å². The van der Waals surface area contributed by atoms with Gasteiger partial charge in [0.1, 0.15) is 5.76 Å². The molecule has 0 aliphatic rings. The van der Waals surface area contributed by atoms with Crippen LogP contribution < -0.4 is 5.32 Å². The summed E-state index contributed by atoms with van der Waals surface area (Å²) < 4.78 is 5.08. The monoisotopic (exact) mass is 300 g/mol. The molecule has 0 spiro atoms. The van der Waals surface area contributed by atoms with Gasteiger partial charge in [-0.1, -0.05) is 37.1 Å². The third kappa shape index (κ3) is 4.45. The highest BCUT2D eigenvalue weighted by molar-refractivity contribution is 5.92. The lowest BCUT2D eigenvalue weighted by molar-refractivity contribution is -0.115. The van der Waals surface area contributed by atoms with Crippen molar-refractivity contribution in [3.63, 3.8) is 0 Å². The lowest BCUT2D eigenvalue weighted by Crippen LogP contribution is -2.15. The number of carbonyl (C=O) groups excluding carboxylic acids is 1. The standard InChI is InChI=1S/C18H24N2O2/c1-4-5-6-7-15-8-10-16(11-9-15)19-18(21)12-17-13(2)20-22-14(17)3/h8-11H,4-7,12H2,1-3H3,(H,19,21). The third-order valence-corrected chi connectivity index (χ3v) is 3.83. The fraction of sp³-hybridized carbons (Fsp3) is 0.444. The summed E-state index contributed by atoms with van der Waals surface area (Å²) in [5, 5.41) is 6.79. The van der Waals surface area contributed by atoms with Crippen LogP contribution in [-0.4, -0.2) is 11.1 Å². The van der Waals surface area contributed by atoms with Gasteiger partial charge in [0, 0.05) is 11.3 Å². The number of rotatable bonds is 7. The lowest BCUT2D eigenvalue weighted by atomic mass is 10.1. The van der Waals surface area contributed by atoms with E-state index in [4.69, 9.17) is 4.52 Å². The minimum Gasteiger partial charge on any atom is -0.361 e. The number of aromatic nitrogens is 1. The van der Waals surface area contributed by atoms with Crippen LogP contribution >= 0.6 is 0 Å². The van der Waals surface area contributed by atoms with E-state index >= 15 is 0 Å². The summed E-state index contributed by atoms with van der Waals surface area (Å²) in [6.07, 6.45) is 5.10. The second-order valence-electron chi connectivity index (χ2n) is 5.68. The number of carbonyl (C=O) groups is 1. The average molecular weight is 300 g/mol. The molecule has 0 radical (unpaired) electrons. The number of nitrogens with one attached hydrogen (secondary N) is 1. The lowest BCUT2D eigenvalue weighted by Gasteiger charge is -2.06. The quantitative estimate of drug-likeness (QED) is 0.779. The van der Waals surface area contributed by atoms with Crippen LogP contribution in [0.1, 0.15) is 48.8 Å². The van der Waals surface area contributed by atoms with Gasteiger partial charge in [0.15, 0.2) is 0 Å². The second kappa shape index (κ2) is 7.78. The molecule has 1 aromatic carbocycles. The fourth-order valence-electron chi connectivity index (χ4n) is 2.45. The van der Waals surface area contributed by atoms with Crippen molar-refractivity contribution in [2.45, 2.75) is 52.9 Å². The Morgan fingerprint density at radius 1 is 1.18 bits per heavy atom. The maximum Gasteiger partial charge on any atom is 0.228 e. The molecule has 0 aliphatic carbocycles. The summed E-state index contributed by atoms with van der Waals surface area (Å²) in [7, 11) is 0. The zero-order chi connectivity index (χ0) is 15.9. The minimum atomic E-state index is -0.0480. The molecule has 4 heteroatoms. The van der Waals surface area contributed by atoms with E-state index in [1.165, 1.54) is 24.8 Å². The normalized spacial score (nSPS) is 10.7. The molecule has 1 aromatic heterocycles. The van der Waals surface area contributed by atoms with Crippen LogP contribution in [0.15, 0.2) is 28.8 Å². The Kier molecular flexibility index (Phi) is 5.75. The second-order valence-corrected chi connectivity index (χ2v) is 5.68. The first-order valence-electron chi connectivity index (χ1n) is 7.90.